The normalized spacial score (nSPS) is 13.4. The van der Waals surface area contributed by atoms with Crippen molar-refractivity contribution in [2.75, 3.05) is 10.2 Å². The molecule has 0 atom stereocenters. The molecule has 1 aromatic heterocycles. The highest BCUT2D eigenvalue weighted by atomic mass is 19.4. The van der Waals surface area contributed by atoms with E-state index in [1.165, 1.54) is 12.3 Å². The van der Waals surface area contributed by atoms with Gasteiger partial charge in [-0.1, -0.05) is 18.2 Å². The van der Waals surface area contributed by atoms with Gasteiger partial charge in [0.05, 0.1) is 11.1 Å². The summed E-state index contributed by atoms with van der Waals surface area (Å²) in [5, 5.41) is 2.82. The predicted octanol–water partition coefficient (Wildman–Crippen LogP) is 6.59. The zero-order valence-electron chi connectivity index (χ0n) is 18.5. The van der Waals surface area contributed by atoms with Crippen LogP contribution in [0.25, 0.3) is 11.1 Å². The minimum absolute atomic E-state index is 0.345. The van der Waals surface area contributed by atoms with Gasteiger partial charge in [-0.3, -0.25) is 9.79 Å². The van der Waals surface area contributed by atoms with Crippen LogP contribution in [-0.4, -0.2) is 17.1 Å². The van der Waals surface area contributed by atoms with Gasteiger partial charge in [0, 0.05) is 36.2 Å². The highest BCUT2D eigenvalue weighted by molar-refractivity contribution is 6.04. The Morgan fingerprint density at radius 2 is 1.85 bits per heavy atom. The van der Waals surface area contributed by atoms with Crippen molar-refractivity contribution in [3.8, 4) is 11.1 Å². The number of benzene rings is 2. The molecule has 8 heteroatoms. The third-order valence-electron chi connectivity index (χ3n) is 5.29. The molecule has 1 amide bonds. The van der Waals surface area contributed by atoms with E-state index in [4.69, 9.17) is 0 Å². The first-order valence-corrected chi connectivity index (χ1v) is 10.4. The number of pyridine rings is 1. The molecule has 3 aromatic rings. The van der Waals surface area contributed by atoms with Crippen molar-refractivity contribution in [1.82, 2.24) is 4.98 Å². The molecule has 4 rings (SSSR count). The van der Waals surface area contributed by atoms with Crippen LogP contribution in [0.15, 0.2) is 90.0 Å². The van der Waals surface area contributed by atoms with Crippen LogP contribution < -0.4 is 10.2 Å². The van der Waals surface area contributed by atoms with E-state index in [1.54, 1.807) is 61.8 Å². The van der Waals surface area contributed by atoms with Crippen molar-refractivity contribution < 1.29 is 18.0 Å². The van der Waals surface area contributed by atoms with Gasteiger partial charge in [0.15, 0.2) is 0 Å². The number of hydrogen-bond donors (Lipinski definition) is 1. The van der Waals surface area contributed by atoms with E-state index in [0.717, 1.165) is 17.8 Å². The first-order valence-electron chi connectivity index (χ1n) is 10.4. The van der Waals surface area contributed by atoms with Crippen LogP contribution in [0.1, 0.15) is 28.4 Å². The largest absolute Gasteiger partial charge is 0.416 e. The summed E-state index contributed by atoms with van der Waals surface area (Å²) in [6.45, 7) is 3.53. The molecule has 0 bridgehead atoms. The second-order valence-corrected chi connectivity index (χ2v) is 7.75. The molecule has 1 aliphatic heterocycles. The molecule has 0 saturated carbocycles. The lowest BCUT2D eigenvalue weighted by Crippen LogP contribution is -2.16. The van der Waals surface area contributed by atoms with Crippen LogP contribution in [0.2, 0.25) is 0 Å². The number of rotatable bonds is 4. The van der Waals surface area contributed by atoms with E-state index in [2.05, 4.69) is 15.3 Å². The molecule has 0 aliphatic carbocycles. The third kappa shape index (κ3) is 5.06. The SMILES string of the molecule is CC1=CN=CC=CN1c1ccc(C(=O)Nc2cccc(-c3ccc(C(F)(F)F)cc3C)c2)cn1. The van der Waals surface area contributed by atoms with E-state index in [9.17, 15) is 18.0 Å². The molecule has 0 unspecified atom stereocenters. The molecular weight excluding hydrogens is 441 g/mol. The fraction of sp³-hybridized carbons (Fsp3) is 0.115. The van der Waals surface area contributed by atoms with Gasteiger partial charge in [-0.2, -0.15) is 13.2 Å². The number of alkyl halides is 3. The smallest absolute Gasteiger partial charge is 0.322 e. The van der Waals surface area contributed by atoms with Gasteiger partial charge >= 0.3 is 6.18 Å². The van der Waals surface area contributed by atoms with Gasteiger partial charge in [0.25, 0.3) is 5.91 Å². The van der Waals surface area contributed by atoms with Gasteiger partial charge in [0.2, 0.25) is 0 Å². The summed E-state index contributed by atoms with van der Waals surface area (Å²) in [4.78, 5) is 23.1. The van der Waals surface area contributed by atoms with Crippen LogP contribution >= 0.6 is 0 Å². The number of nitrogens with zero attached hydrogens (tertiary/aromatic N) is 3. The summed E-state index contributed by atoms with van der Waals surface area (Å²) in [7, 11) is 0. The lowest BCUT2D eigenvalue weighted by molar-refractivity contribution is -0.137. The number of hydrogen-bond acceptors (Lipinski definition) is 4. The van der Waals surface area contributed by atoms with E-state index in [-0.39, 0.29) is 5.91 Å². The molecule has 1 aliphatic rings. The Morgan fingerprint density at radius 3 is 2.56 bits per heavy atom. The van der Waals surface area contributed by atoms with Crippen molar-refractivity contribution in [3.63, 3.8) is 0 Å². The van der Waals surface area contributed by atoms with Crippen molar-refractivity contribution in [1.29, 1.82) is 0 Å². The van der Waals surface area contributed by atoms with Crippen LogP contribution in [0, 0.1) is 6.92 Å². The van der Waals surface area contributed by atoms with Crippen molar-refractivity contribution >= 4 is 23.6 Å². The number of carbonyl (C=O) groups is 1. The zero-order chi connectivity index (χ0) is 24.3. The first kappa shape index (κ1) is 23.0. The van der Waals surface area contributed by atoms with Gasteiger partial charge in [-0.05, 0) is 73.0 Å². The quantitative estimate of drug-likeness (QED) is 0.476. The van der Waals surface area contributed by atoms with Crippen LogP contribution in [0.4, 0.5) is 24.7 Å². The molecule has 2 heterocycles. The fourth-order valence-corrected chi connectivity index (χ4v) is 3.56. The van der Waals surface area contributed by atoms with Crippen LogP contribution in [0.5, 0.6) is 0 Å². The molecule has 5 nitrogen and oxygen atoms in total. The molecule has 2 aromatic carbocycles. The van der Waals surface area contributed by atoms with E-state index in [0.29, 0.717) is 33.8 Å². The summed E-state index contributed by atoms with van der Waals surface area (Å²) in [6, 6.07) is 14.0. The Bertz CT molecular complexity index is 1310. The Hall–Kier alpha value is -4.20. The minimum Gasteiger partial charge on any atom is -0.322 e. The van der Waals surface area contributed by atoms with Crippen molar-refractivity contribution in [2.24, 2.45) is 4.99 Å². The van der Waals surface area contributed by atoms with Crippen LogP contribution in [-0.2, 0) is 6.18 Å². The van der Waals surface area contributed by atoms with E-state index >= 15 is 0 Å². The Kier molecular flexibility index (Phi) is 6.32. The zero-order valence-corrected chi connectivity index (χ0v) is 18.5. The average Bonchev–Trinajstić information content (AvgIpc) is 3.03. The Morgan fingerprint density at radius 1 is 1.03 bits per heavy atom. The molecule has 0 radical (unpaired) electrons. The average molecular weight is 462 g/mol. The highest BCUT2D eigenvalue weighted by Gasteiger charge is 2.30. The molecule has 0 saturated heterocycles. The summed E-state index contributed by atoms with van der Waals surface area (Å²) >= 11 is 0. The second kappa shape index (κ2) is 9.35. The number of anilines is 2. The first-order chi connectivity index (χ1) is 16.2. The minimum atomic E-state index is -4.39. The number of amides is 1. The number of carbonyl (C=O) groups excluding carboxylic acids is 1. The molecule has 172 valence electrons. The third-order valence-corrected chi connectivity index (χ3v) is 5.29. The maximum atomic E-state index is 13.0. The lowest BCUT2D eigenvalue weighted by atomic mass is 9.98. The standard InChI is InChI=1S/C26H21F3N4O/c1-17-13-21(26(27,28)29)8-9-23(17)19-5-3-6-22(14-19)32-25(34)20-7-10-24(31-16-20)33-12-4-11-30-15-18(33)2/h3-16H,1-2H3,(H,32,34). The van der Waals surface area contributed by atoms with Crippen molar-refractivity contribution in [3.05, 3.63) is 102 Å². The summed E-state index contributed by atoms with van der Waals surface area (Å²) in [6.07, 6.45) is 4.11. The number of halogens is 3. The summed E-state index contributed by atoms with van der Waals surface area (Å²) in [5.41, 5.74) is 2.94. The number of aliphatic imine (C=N–C) groups is 1. The summed E-state index contributed by atoms with van der Waals surface area (Å²) in [5.74, 6) is 0.300. The summed E-state index contributed by atoms with van der Waals surface area (Å²) < 4.78 is 38.9. The monoisotopic (exact) mass is 462 g/mol. The molecule has 0 spiro atoms. The second-order valence-electron chi connectivity index (χ2n) is 7.75. The maximum absolute atomic E-state index is 13.0. The topological polar surface area (TPSA) is 57.6 Å². The number of nitrogens with one attached hydrogen (secondary N) is 1. The van der Waals surface area contributed by atoms with Gasteiger partial charge in [-0.25, -0.2) is 4.98 Å². The fourth-order valence-electron chi connectivity index (χ4n) is 3.56. The van der Waals surface area contributed by atoms with Gasteiger partial charge in [-0.15, -0.1) is 0 Å². The molecule has 34 heavy (non-hydrogen) atoms. The predicted molar refractivity (Wildman–Crippen MR) is 128 cm³/mol. The van der Waals surface area contributed by atoms with E-state index in [1.807, 2.05) is 18.0 Å². The van der Waals surface area contributed by atoms with Crippen LogP contribution in [0.3, 0.4) is 0 Å². The molecule has 1 N–H and O–H groups in total. The number of aryl methyl sites for hydroxylation is 1. The Balaban J connectivity index is 1.51. The van der Waals surface area contributed by atoms with Crippen molar-refractivity contribution in [2.45, 2.75) is 20.0 Å². The van der Waals surface area contributed by atoms with Gasteiger partial charge < -0.3 is 10.2 Å². The maximum Gasteiger partial charge on any atom is 0.416 e. The number of allylic oxidation sites excluding steroid dienone is 2. The van der Waals surface area contributed by atoms with Gasteiger partial charge in [0.1, 0.15) is 5.82 Å². The number of aromatic nitrogens is 1. The Labute approximate surface area is 195 Å². The lowest BCUT2D eigenvalue weighted by Gasteiger charge is -2.18. The molecular formula is C26H21F3N4O. The molecule has 0 fully saturated rings. The van der Waals surface area contributed by atoms with E-state index < -0.39 is 11.7 Å². The highest BCUT2D eigenvalue weighted by Crippen LogP contribution is 2.33.